The number of aromatic nitrogens is 1. The molecule has 1 fully saturated rings. The van der Waals surface area contributed by atoms with Gasteiger partial charge in [0.2, 0.25) is 0 Å². The lowest BCUT2D eigenvalue weighted by Gasteiger charge is -2.20. The van der Waals surface area contributed by atoms with Gasteiger partial charge in [-0.3, -0.25) is 9.59 Å². The van der Waals surface area contributed by atoms with Crippen LogP contribution in [-0.4, -0.2) is 41.0 Å². The standard InChI is InChI=1S/C12H14Cl2N2O3/c1-2-19-10(17)6-16(7-3-4-7)12(18)9-5-8(13)11(14)15-9/h5,7,15H,2-4,6H2,1H3. The van der Waals surface area contributed by atoms with E-state index in [1.807, 2.05) is 0 Å². The molecule has 0 unspecified atom stereocenters. The first-order valence-corrected chi connectivity index (χ1v) is 6.79. The van der Waals surface area contributed by atoms with E-state index in [2.05, 4.69) is 4.98 Å². The highest BCUT2D eigenvalue weighted by Crippen LogP contribution is 2.29. The van der Waals surface area contributed by atoms with E-state index >= 15 is 0 Å². The molecule has 0 aliphatic heterocycles. The molecule has 1 aliphatic rings. The molecule has 0 saturated heterocycles. The first kappa shape index (κ1) is 14.2. The van der Waals surface area contributed by atoms with Gasteiger partial charge in [0.15, 0.2) is 0 Å². The fourth-order valence-corrected chi connectivity index (χ4v) is 2.09. The molecular weight excluding hydrogens is 291 g/mol. The van der Waals surface area contributed by atoms with Crippen LogP contribution in [0, 0.1) is 0 Å². The second kappa shape index (κ2) is 5.84. The van der Waals surface area contributed by atoms with Crippen LogP contribution in [0.25, 0.3) is 0 Å². The SMILES string of the molecule is CCOC(=O)CN(C(=O)c1cc(Cl)c(Cl)[nH]1)C1CC1. The van der Waals surface area contributed by atoms with E-state index in [9.17, 15) is 9.59 Å². The number of hydrogen-bond donors (Lipinski definition) is 1. The number of nitrogens with zero attached hydrogens (tertiary/aromatic N) is 1. The fraction of sp³-hybridized carbons (Fsp3) is 0.500. The van der Waals surface area contributed by atoms with Crippen LogP contribution in [-0.2, 0) is 9.53 Å². The Morgan fingerprint density at radius 2 is 2.16 bits per heavy atom. The molecule has 1 heterocycles. The van der Waals surface area contributed by atoms with Crippen molar-refractivity contribution in [1.82, 2.24) is 9.88 Å². The minimum absolute atomic E-state index is 0.0500. The molecule has 1 amide bonds. The second-order valence-electron chi connectivity index (χ2n) is 4.31. The summed E-state index contributed by atoms with van der Waals surface area (Å²) >= 11 is 11.6. The molecule has 104 valence electrons. The number of ether oxygens (including phenoxy) is 1. The molecule has 1 saturated carbocycles. The van der Waals surface area contributed by atoms with Gasteiger partial charge in [-0.2, -0.15) is 0 Å². The Balaban J connectivity index is 2.10. The van der Waals surface area contributed by atoms with Crippen LogP contribution in [0.1, 0.15) is 30.3 Å². The highest BCUT2D eigenvalue weighted by atomic mass is 35.5. The summed E-state index contributed by atoms with van der Waals surface area (Å²) in [5.74, 6) is -0.698. The maximum absolute atomic E-state index is 12.3. The smallest absolute Gasteiger partial charge is 0.325 e. The number of carbonyl (C=O) groups excluding carboxylic acids is 2. The topological polar surface area (TPSA) is 62.4 Å². The van der Waals surface area contributed by atoms with E-state index in [4.69, 9.17) is 27.9 Å². The van der Waals surface area contributed by atoms with E-state index in [0.717, 1.165) is 12.8 Å². The van der Waals surface area contributed by atoms with Crippen LogP contribution in [0.2, 0.25) is 10.2 Å². The highest BCUT2D eigenvalue weighted by molar-refractivity contribution is 6.41. The van der Waals surface area contributed by atoms with Gasteiger partial charge < -0.3 is 14.6 Å². The lowest BCUT2D eigenvalue weighted by Crippen LogP contribution is -2.38. The summed E-state index contributed by atoms with van der Waals surface area (Å²) in [6.07, 6.45) is 1.79. The maximum Gasteiger partial charge on any atom is 0.325 e. The van der Waals surface area contributed by atoms with Crippen molar-refractivity contribution < 1.29 is 14.3 Å². The molecule has 19 heavy (non-hydrogen) atoms. The van der Waals surface area contributed by atoms with E-state index in [-0.39, 0.29) is 34.4 Å². The monoisotopic (exact) mass is 304 g/mol. The summed E-state index contributed by atoms with van der Waals surface area (Å²) in [6, 6.07) is 1.56. The third-order valence-corrected chi connectivity index (χ3v) is 3.50. The number of carbonyl (C=O) groups is 2. The van der Waals surface area contributed by atoms with Crippen molar-refractivity contribution in [2.75, 3.05) is 13.2 Å². The Morgan fingerprint density at radius 1 is 1.47 bits per heavy atom. The van der Waals surface area contributed by atoms with Crippen molar-refractivity contribution in [3.05, 3.63) is 21.9 Å². The lowest BCUT2D eigenvalue weighted by atomic mass is 10.3. The van der Waals surface area contributed by atoms with E-state index in [1.165, 1.54) is 11.0 Å². The molecule has 5 nitrogen and oxygen atoms in total. The average molecular weight is 305 g/mol. The summed E-state index contributed by atoms with van der Waals surface area (Å²) in [4.78, 5) is 28.0. The first-order chi connectivity index (χ1) is 9.02. The molecular formula is C12H14Cl2N2O3. The minimum Gasteiger partial charge on any atom is -0.465 e. The van der Waals surface area contributed by atoms with Gasteiger partial charge in [-0.25, -0.2) is 0 Å². The summed E-state index contributed by atoms with van der Waals surface area (Å²) in [6.45, 7) is 1.98. The van der Waals surface area contributed by atoms with Crippen LogP contribution >= 0.6 is 23.2 Å². The zero-order valence-electron chi connectivity index (χ0n) is 10.4. The van der Waals surface area contributed by atoms with Gasteiger partial charge in [0.05, 0.1) is 11.6 Å². The predicted molar refractivity (Wildman–Crippen MR) is 71.5 cm³/mol. The second-order valence-corrected chi connectivity index (χ2v) is 5.10. The van der Waals surface area contributed by atoms with Gasteiger partial charge >= 0.3 is 5.97 Å². The van der Waals surface area contributed by atoms with Crippen LogP contribution < -0.4 is 0 Å². The van der Waals surface area contributed by atoms with Gasteiger partial charge in [-0.1, -0.05) is 23.2 Å². The molecule has 2 rings (SSSR count). The van der Waals surface area contributed by atoms with Crippen LogP contribution in [0.4, 0.5) is 0 Å². The van der Waals surface area contributed by atoms with Crippen molar-refractivity contribution in [2.45, 2.75) is 25.8 Å². The molecule has 0 spiro atoms. The van der Waals surface area contributed by atoms with E-state index in [1.54, 1.807) is 6.92 Å². The van der Waals surface area contributed by atoms with Gasteiger partial charge in [0.1, 0.15) is 17.4 Å². The quantitative estimate of drug-likeness (QED) is 0.850. The minimum atomic E-state index is -0.411. The fourth-order valence-electron chi connectivity index (χ4n) is 1.77. The molecule has 1 aromatic heterocycles. The van der Waals surface area contributed by atoms with Crippen LogP contribution in [0.15, 0.2) is 6.07 Å². The molecule has 0 aromatic carbocycles. The average Bonchev–Trinajstić information content (AvgIpc) is 3.13. The summed E-state index contributed by atoms with van der Waals surface area (Å²) in [5.41, 5.74) is 0.284. The zero-order chi connectivity index (χ0) is 14.0. The molecule has 1 aromatic rings. The molecule has 0 bridgehead atoms. The summed E-state index contributed by atoms with van der Waals surface area (Å²) < 4.78 is 4.87. The molecule has 0 radical (unpaired) electrons. The zero-order valence-corrected chi connectivity index (χ0v) is 11.9. The lowest BCUT2D eigenvalue weighted by molar-refractivity contribution is -0.144. The van der Waals surface area contributed by atoms with Crippen molar-refractivity contribution in [3.8, 4) is 0 Å². The van der Waals surface area contributed by atoms with Crippen LogP contribution in [0.5, 0.6) is 0 Å². The Hall–Kier alpha value is -1.20. The summed E-state index contributed by atoms with van der Waals surface area (Å²) in [7, 11) is 0. The molecule has 1 N–H and O–H groups in total. The molecule has 1 aliphatic carbocycles. The first-order valence-electron chi connectivity index (χ1n) is 6.03. The van der Waals surface area contributed by atoms with Crippen molar-refractivity contribution in [1.29, 1.82) is 0 Å². The van der Waals surface area contributed by atoms with Crippen LogP contribution in [0.3, 0.4) is 0 Å². The number of esters is 1. The van der Waals surface area contributed by atoms with Gasteiger partial charge in [0, 0.05) is 6.04 Å². The number of halogens is 2. The maximum atomic E-state index is 12.3. The van der Waals surface area contributed by atoms with Gasteiger partial charge in [0.25, 0.3) is 5.91 Å². The number of nitrogens with one attached hydrogen (secondary N) is 1. The van der Waals surface area contributed by atoms with Crippen molar-refractivity contribution >= 4 is 35.1 Å². The third-order valence-electron chi connectivity index (χ3n) is 2.81. The number of hydrogen-bond acceptors (Lipinski definition) is 3. The summed E-state index contributed by atoms with van der Waals surface area (Å²) in [5, 5.41) is 0.508. The Labute approximate surface area is 120 Å². The van der Waals surface area contributed by atoms with Crippen molar-refractivity contribution in [3.63, 3.8) is 0 Å². The third kappa shape index (κ3) is 3.42. The highest BCUT2D eigenvalue weighted by Gasteiger charge is 2.35. The molecule has 0 atom stereocenters. The Kier molecular flexibility index (Phi) is 4.37. The number of aromatic amines is 1. The van der Waals surface area contributed by atoms with E-state index < -0.39 is 5.97 Å². The van der Waals surface area contributed by atoms with Gasteiger partial charge in [-0.05, 0) is 25.8 Å². The Morgan fingerprint density at radius 3 is 2.63 bits per heavy atom. The van der Waals surface area contributed by atoms with E-state index in [0.29, 0.717) is 6.61 Å². The molecule has 7 heteroatoms. The number of H-pyrrole nitrogens is 1. The predicted octanol–water partition coefficient (Wildman–Crippen LogP) is 2.49. The Bertz CT molecular complexity index is 478. The normalized spacial score (nSPS) is 14.3. The van der Waals surface area contributed by atoms with Crippen molar-refractivity contribution in [2.24, 2.45) is 0 Å². The number of rotatable bonds is 5. The number of amides is 1. The van der Waals surface area contributed by atoms with Gasteiger partial charge in [-0.15, -0.1) is 0 Å². The largest absolute Gasteiger partial charge is 0.465 e.